The molecule has 2 amide bonds. The molecule has 0 bridgehead atoms. The summed E-state index contributed by atoms with van der Waals surface area (Å²) in [6, 6.07) is 0.0196. The van der Waals surface area contributed by atoms with Crippen molar-refractivity contribution in [1.82, 2.24) is 9.80 Å². The molecule has 1 aliphatic heterocycles. The average molecular weight is 256 g/mol. The molecule has 104 valence electrons. The summed E-state index contributed by atoms with van der Waals surface area (Å²) in [7, 11) is 0. The first-order valence-electron chi connectivity index (χ1n) is 6.38. The fraction of sp³-hybridized carbons (Fsp3) is 0.846. The van der Waals surface area contributed by atoms with Gasteiger partial charge in [-0.1, -0.05) is 0 Å². The molecule has 0 saturated carbocycles. The lowest BCUT2D eigenvalue weighted by atomic mass is 10.1. The van der Waals surface area contributed by atoms with Crippen molar-refractivity contribution in [1.29, 1.82) is 0 Å². The normalized spacial score (nSPS) is 25.0. The molecule has 0 aromatic heterocycles. The van der Waals surface area contributed by atoms with Crippen molar-refractivity contribution in [3.05, 3.63) is 0 Å². The summed E-state index contributed by atoms with van der Waals surface area (Å²) >= 11 is 0. The van der Waals surface area contributed by atoms with Crippen molar-refractivity contribution >= 4 is 12.0 Å². The molecule has 0 radical (unpaired) electrons. The second kappa shape index (κ2) is 5.16. The van der Waals surface area contributed by atoms with Gasteiger partial charge in [0.2, 0.25) is 5.91 Å². The van der Waals surface area contributed by atoms with Crippen LogP contribution in [0.15, 0.2) is 0 Å². The van der Waals surface area contributed by atoms with Crippen LogP contribution in [-0.2, 0) is 9.53 Å². The van der Waals surface area contributed by atoms with Crippen LogP contribution in [0.3, 0.4) is 0 Å². The van der Waals surface area contributed by atoms with Crippen LogP contribution in [0.4, 0.5) is 4.79 Å². The topological polar surface area (TPSA) is 49.9 Å². The minimum Gasteiger partial charge on any atom is -0.444 e. The van der Waals surface area contributed by atoms with Gasteiger partial charge in [0, 0.05) is 32.1 Å². The zero-order valence-corrected chi connectivity index (χ0v) is 12.2. The van der Waals surface area contributed by atoms with E-state index in [0.29, 0.717) is 13.1 Å². The van der Waals surface area contributed by atoms with Gasteiger partial charge < -0.3 is 14.5 Å². The highest BCUT2D eigenvalue weighted by Crippen LogP contribution is 2.18. The maximum Gasteiger partial charge on any atom is 0.410 e. The summed E-state index contributed by atoms with van der Waals surface area (Å²) in [5, 5.41) is 0. The second-order valence-corrected chi connectivity index (χ2v) is 6.00. The van der Waals surface area contributed by atoms with Crippen LogP contribution in [0.2, 0.25) is 0 Å². The van der Waals surface area contributed by atoms with Gasteiger partial charge in [0.05, 0.1) is 0 Å². The quantitative estimate of drug-likeness (QED) is 0.664. The highest BCUT2D eigenvalue weighted by Gasteiger charge is 2.35. The van der Waals surface area contributed by atoms with E-state index in [2.05, 4.69) is 0 Å². The molecule has 1 heterocycles. The van der Waals surface area contributed by atoms with Gasteiger partial charge in [-0.15, -0.1) is 0 Å². The predicted molar refractivity (Wildman–Crippen MR) is 69.3 cm³/mol. The largest absolute Gasteiger partial charge is 0.444 e. The minimum absolute atomic E-state index is 0.0139. The highest BCUT2D eigenvalue weighted by molar-refractivity contribution is 5.74. The van der Waals surface area contributed by atoms with E-state index in [9.17, 15) is 9.59 Å². The fourth-order valence-electron chi connectivity index (χ4n) is 2.14. The molecule has 0 aromatic carbocycles. The first-order valence-corrected chi connectivity index (χ1v) is 6.38. The molecular formula is C13H24N2O3. The van der Waals surface area contributed by atoms with Crippen LogP contribution in [0.25, 0.3) is 0 Å². The molecule has 2 atom stereocenters. The van der Waals surface area contributed by atoms with Crippen molar-refractivity contribution in [2.75, 3.05) is 13.1 Å². The van der Waals surface area contributed by atoms with E-state index < -0.39 is 5.60 Å². The Morgan fingerprint density at radius 3 is 1.94 bits per heavy atom. The van der Waals surface area contributed by atoms with Gasteiger partial charge in [-0.25, -0.2) is 4.79 Å². The van der Waals surface area contributed by atoms with E-state index in [4.69, 9.17) is 4.74 Å². The van der Waals surface area contributed by atoms with E-state index in [1.807, 2.05) is 34.6 Å². The zero-order chi connectivity index (χ0) is 14.1. The molecule has 1 saturated heterocycles. The molecule has 1 rings (SSSR count). The van der Waals surface area contributed by atoms with E-state index in [0.717, 1.165) is 0 Å². The Hall–Kier alpha value is -1.26. The Morgan fingerprint density at radius 1 is 1.06 bits per heavy atom. The van der Waals surface area contributed by atoms with Crippen LogP contribution >= 0.6 is 0 Å². The number of hydrogen-bond acceptors (Lipinski definition) is 3. The first-order chi connectivity index (χ1) is 8.11. The fourth-order valence-corrected chi connectivity index (χ4v) is 2.14. The first kappa shape index (κ1) is 14.8. The molecular weight excluding hydrogens is 232 g/mol. The molecule has 1 aliphatic rings. The molecule has 0 unspecified atom stereocenters. The van der Waals surface area contributed by atoms with E-state index in [-0.39, 0.29) is 24.1 Å². The summed E-state index contributed by atoms with van der Waals surface area (Å²) in [6.07, 6.45) is -0.301. The lowest BCUT2D eigenvalue weighted by Crippen LogP contribution is -2.59. The standard InChI is InChI=1S/C13H24N2O3/c1-9-8-15(12(17)18-13(4,5)6)10(2)7-14(9)11(3)16/h9-10H,7-8H2,1-6H3/t9-,10+/m0/s1. The number of amides is 2. The molecule has 5 heteroatoms. The van der Waals surface area contributed by atoms with Crippen molar-refractivity contribution in [2.45, 2.75) is 59.2 Å². The third-order valence-corrected chi connectivity index (χ3v) is 3.02. The predicted octanol–water partition coefficient (Wildman–Crippen LogP) is 1.86. The minimum atomic E-state index is -0.488. The molecule has 18 heavy (non-hydrogen) atoms. The van der Waals surface area contributed by atoms with Crippen LogP contribution < -0.4 is 0 Å². The van der Waals surface area contributed by atoms with Gasteiger partial charge in [-0.3, -0.25) is 4.79 Å². The lowest BCUT2D eigenvalue weighted by molar-refractivity contribution is -0.134. The molecule has 1 fully saturated rings. The van der Waals surface area contributed by atoms with Gasteiger partial charge >= 0.3 is 6.09 Å². The number of carbonyl (C=O) groups is 2. The van der Waals surface area contributed by atoms with Crippen LogP contribution in [0, 0.1) is 0 Å². The highest BCUT2D eigenvalue weighted by atomic mass is 16.6. The van der Waals surface area contributed by atoms with Crippen molar-refractivity contribution in [3.63, 3.8) is 0 Å². The average Bonchev–Trinajstić information content (AvgIpc) is 2.17. The third-order valence-electron chi connectivity index (χ3n) is 3.02. The number of rotatable bonds is 0. The van der Waals surface area contributed by atoms with Gasteiger partial charge in [0.25, 0.3) is 0 Å². The Kier molecular flexibility index (Phi) is 4.24. The Bertz CT molecular complexity index is 336. The third kappa shape index (κ3) is 3.62. The lowest BCUT2D eigenvalue weighted by Gasteiger charge is -2.43. The second-order valence-electron chi connectivity index (χ2n) is 6.00. The molecule has 0 aliphatic carbocycles. The summed E-state index contributed by atoms with van der Waals surface area (Å²) in [4.78, 5) is 27.0. The van der Waals surface area contributed by atoms with Crippen LogP contribution in [0.5, 0.6) is 0 Å². The van der Waals surface area contributed by atoms with Crippen LogP contribution in [0.1, 0.15) is 41.5 Å². The van der Waals surface area contributed by atoms with Crippen LogP contribution in [-0.4, -0.2) is 52.6 Å². The number of nitrogens with zero attached hydrogens (tertiary/aromatic N) is 2. The SMILES string of the molecule is CC(=O)N1C[C@@H](C)N(C(=O)OC(C)(C)C)C[C@@H]1C. The Labute approximate surface area is 109 Å². The zero-order valence-electron chi connectivity index (χ0n) is 12.2. The van der Waals surface area contributed by atoms with Crippen molar-refractivity contribution in [2.24, 2.45) is 0 Å². The monoisotopic (exact) mass is 256 g/mol. The van der Waals surface area contributed by atoms with Gasteiger partial charge in [-0.05, 0) is 34.6 Å². The van der Waals surface area contributed by atoms with E-state index in [1.54, 1.807) is 16.7 Å². The van der Waals surface area contributed by atoms with Crippen molar-refractivity contribution < 1.29 is 14.3 Å². The maximum atomic E-state index is 12.0. The molecule has 0 aromatic rings. The van der Waals surface area contributed by atoms with Gasteiger partial charge in [0.15, 0.2) is 0 Å². The summed E-state index contributed by atoms with van der Waals surface area (Å²) in [6.45, 7) is 12.1. The maximum absolute atomic E-state index is 12.0. The molecule has 0 spiro atoms. The number of piperazine rings is 1. The van der Waals surface area contributed by atoms with Gasteiger partial charge in [0.1, 0.15) is 5.60 Å². The molecule has 0 N–H and O–H groups in total. The smallest absolute Gasteiger partial charge is 0.410 e. The Morgan fingerprint density at radius 2 is 1.50 bits per heavy atom. The summed E-state index contributed by atoms with van der Waals surface area (Å²) in [5.41, 5.74) is -0.488. The summed E-state index contributed by atoms with van der Waals surface area (Å²) in [5.74, 6) is 0.0539. The number of ether oxygens (including phenoxy) is 1. The summed E-state index contributed by atoms with van der Waals surface area (Å²) < 4.78 is 5.38. The van der Waals surface area contributed by atoms with Gasteiger partial charge in [-0.2, -0.15) is 0 Å². The van der Waals surface area contributed by atoms with Crippen molar-refractivity contribution in [3.8, 4) is 0 Å². The van der Waals surface area contributed by atoms with E-state index in [1.165, 1.54) is 0 Å². The molecule has 5 nitrogen and oxygen atoms in total. The Balaban J connectivity index is 2.70. The van der Waals surface area contributed by atoms with E-state index >= 15 is 0 Å². The number of carbonyl (C=O) groups excluding carboxylic acids is 2. The number of hydrogen-bond donors (Lipinski definition) is 0.